The minimum atomic E-state index is -4.51. The number of amides is 1. The topological polar surface area (TPSA) is 88.5 Å². The van der Waals surface area contributed by atoms with Gasteiger partial charge in [-0.25, -0.2) is 4.79 Å². The largest absolute Gasteiger partial charge is 0.478 e. The van der Waals surface area contributed by atoms with Crippen molar-refractivity contribution in [3.63, 3.8) is 0 Å². The molecule has 0 saturated heterocycles. The molecule has 0 aliphatic heterocycles. The summed E-state index contributed by atoms with van der Waals surface area (Å²) in [7, 11) is 0. The highest BCUT2D eigenvalue weighted by atomic mass is 32.1. The third kappa shape index (κ3) is 5.18. The van der Waals surface area contributed by atoms with E-state index >= 15 is 0 Å². The Kier molecular flexibility index (Phi) is 6.51. The van der Waals surface area contributed by atoms with Crippen molar-refractivity contribution in [1.82, 2.24) is 9.69 Å². The smallest absolute Gasteiger partial charge is 0.416 e. The van der Waals surface area contributed by atoms with Crippen LogP contribution in [-0.4, -0.2) is 27.9 Å². The third-order valence-electron chi connectivity index (χ3n) is 4.96. The molecule has 6 nitrogen and oxygen atoms in total. The number of nitrogens with zero attached hydrogens (tertiary/aromatic N) is 1. The number of hydrogen-bond donors (Lipinski definition) is 2. The summed E-state index contributed by atoms with van der Waals surface area (Å²) in [5.74, 6) is -1.25. The molecule has 3 aromatic carbocycles. The van der Waals surface area contributed by atoms with E-state index in [9.17, 15) is 22.8 Å². The van der Waals surface area contributed by atoms with Crippen molar-refractivity contribution >= 4 is 33.5 Å². The lowest BCUT2D eigenvalue weighted by molar-refractivity contribution is -0.137. The van der Waals surface area contributed by atoms with Crippen LogP contribution >= 0.6 is 11.5 Å². The average molecular weight is 486 g/mol. The van der Waals surface area contributed by atoms with Crippen LogP contribution < -0.4 is 10.1 Å². The van der Waals surface area contributed by atoms with Gasteiger partial charge in [0.25, 0.3) is 5.91 Å². The minimum absolute atomic E-state index is 0.00955. The van der Waals surface area contributed by atoms with Crippen molar-refractivity contribution in [2.45, 2.75) is 12.6 Å². The fourth-order valence-corrected chi connectivity index (χ4v) is 4.07. The van der Waals surface area contributed by atoms with Gasteiger partial charge in [0.2, 0.25) is 0 Å². The molecule has 0 aliphatic rings. The molecule has 1 heterocycles. The maximum absolute atomic E-state index is 13.0. The Labute approximate surface area is 195 Å². The lowest BCUT2D eigenvalue weighted by Gasteiger charge is -2.11. The normalized spacial score (nSPS) is 11.4. The number of hydrogen-bond acceptors (Lipinski definition) is 5. The van der Waals surface area contributed by atoms with Crippen LogP contribution in [0.3, 0.4) is 0 Å². The summed E-state index contributed by atoms with van der Waals surface area (Å²) in [6.07, 6.45) is -4.03. The number of carbonyl (C=O) groups excluding carboxylic acids is 1. The molecule has 0 bridgehead atoms. The summed E-state index contributed by atoms with van der Waals surface area (Å²) in [6.45, 7) is 0.279. The number of aromatic carboxylic acids is 1. The molecule has 0 saturated carbocycles. The van der Waals surface area contributed by atoms with Gasteiger partial charge in [0.15, 0.2) is 5.69 Å². The van der Waals surface area contributed by atoms with E-state index in [1.165, 1.54) is 24.3 Å². The summed E-state index contributed by atoms with van der Waals surface area (Å²) in [6, 6.07) is 15.8. The summed E-state index contributed by atoms with van der Waals surface area (Å²) in [4.78, 5) is 23.7. The van der Waals surface area contributed by atoms with Crippen molar-refractivity contribution in [1.29, 1.82) is 0 Å². The van der Waals surface area contributed by atoms with Crippen LogP contribution in [0.4, 0.5) is 13.2 Å². The predicted octanol–water partition coefficient (Wildman–Crippen LogP) is 5.78. The van der Waals surface area contributed by atoms with Crippen LogP contribution in [0, 0.1) is 0 Å². The fraction of sp³-hybridized carbons (Fsp3) is 0.125. The molecule has 0 radical (unpaired) electrons. The first-order valence-corrected chi connectivity index (χ1v) is 10.8. The van der Waals surface area contributed by atoms with Crippen molar-refractivity contribution in [3.05, 3.63) is 89.1 Å². The quantitative estimate of drug-likeness (QED) is 0.346. The standard InChI is InChI=1S/C24H17F3N2O4S/c25-24(26,27)16-3-1-4-17(13-16)33-18-5-2-6-19-20(18)21(29-34-19)22(30)28-12-11-14-7-9-15(10-8-14)23(31)32/h1-10,13H,11-12H2,(H,28,30)(H,31,32). The number of rotatable bonds is 7. The average Bonchev–Trinajstić information content (AvgIpc) is 3.24. The summed E-state index contributed by atoms with van der Waals surface area (Å²) in [5.41, 5.74) is 0.302. The number of carboxylic acid groups (broad SMARTS) is 1. The van der Waals surface area contributed by atoms with Gasteiger partial charge in [-0.3, -0.25) is 4.79 Å². The molecule has 1 amide bonds. The van der Waals surface area contributed by atoms with Crippen LogP contribution in [0.2, 0.25) is 0 Å². The summed E-state index contributed by atoms with van der Waals surface area (Å²) in [5, 5.41) is 12.1. The van der Waals surface area contributed by atoms with E-state index in [1.54, 1.807) is 30.3 Å². The number of halogens is 3. The van der Waals surface area contributed by atoms with Gasteiger partial charge in [-0.15, -0.1) is 0 Å². The molecule has 0 unspecified atom stereocenters. The van der Waals surface area contributed by atoms with E-state index in [-0.39, 0.29) is 29.3 Å². The zero-order valence-electron chi connectivity index (χ0n) is 17.4. The van der Waals surface area contributed by atoms with Crippen LogP contribution in [-0.2, 0) is 12.6 Å². The monoisotopic (exact) mass is 486 g/mol. The lowest BCUT2D eigenvalue weighted by Crippen LogP contribution is -2.26. The Balaban J connectivity index is 1.50. The van der Waals surface area contributed by atoms with E-state index in [4.69, 9.17) is 9.84 Å². The van der Waals surface area contributed by atoms with Gasteiger partial charge in [0, 0.05) is 6.54 Å². The molecule has 0 atom stereocenters. The minimum Gasteiger partial charge on any atom is -0.478 e. The van der Waals surface area contributed by atoms with E-state index in [0.29, 0.717) is 16.5 Å². The van der Waals surface area contributed by atoms with E-state index in [0.717, 1.165) is 29.2 Å². The Morgan fingerprint density at radius 3 is 2.47 bits per heavy atom. The number of nitrogens with one attached hydrogen (secondary N) is 1. The number of carbonyl (C=O) groups is 2. The van der Waals surface area contributed by atoms with Crippen LogP contribution in [0.15, 0.2) is 66.7 Å². The first-order chi connectivity index (χ1) is 16.2. The number of ether oxygens (including phenoxy) is 1. The molecule has 0 spiro atoms. The molecule has 4 aromatic rings. The van der Waals surface area contributed by atoms with Crippen LogP contribution in [0.1, 0.15) is 32.0 Å². The van der Waals surface area contributed by atoms with Gasteiger partial charge in [0.05, 0.1) is 21.2 Å². The highest BCUT2D eigenvalue weighted by Crippen LogP contribution is 2.36. The molecular weight excluding hydrogens is 469 g/mol. The molecule has 2 N–H and O–H groups in total. The number of carboxylic acids is 1. The van der Waals surface area contributed by atoms with Gasteiger partial charge in [0.1, 0.15) is 11.5 Å². The molecule has 34 heavy (non-hydrogen) atoms. The molecule has 4 rings (SSSR count). The predicted molar refractivity (Wildman–Crippen MR) is 121 cm³/mol. The number of aromatic nitrogens is 1. The van der Waals surface area contributed by atoms with Crippen molar-refractivity contribution in [2.75, 3.05) is 6.54 Å². The summed E-state index contributed by atoms with van der Waals surface area (Å²) >= 11 is 1.08. The summed E-state index contributed by atoms with van der Waals surface area (Å²) < 4.78 is 49.7. The maximum Gasteiger partial charge on any atom is 0.416 e. The van der Waals surface area contributed by atoms with Gasteiger partial charge >= 0.3 is 12.1 Å². The van der Waals surface area contributed by atoms with E-state index in [1.807, 2.05) is 0 Å². The van der Waals surface area contributed by atoms with E-state index < -0.39 is 23.6 Å². The number of alkyl halides is 3. The van der Waals surface area contributed by atoms with Crippen LogP contribution in [0.5, 0.6) is 11.5 Å². The van der Waals surface area contributed by atoms with Crippen molar-refractivity contribution in [2.24, 2.45) is 0 Å². The molecular formula is C24H17F3N2O4S. The molecule has 0 aliphatic carbocycles. The molecule has 0 fully saturated rings. The van der Waals surface area contributed by atoms with Gasteiger partial charge in [-0.05, 0) is 66.0 Å². The Hall–Kier alpha value is -3.92. The Morgan fingerprint density at radius 2 is 1.76 bits per heavy atom. The zero-order chi connectivity index (χ0) is 24.3. The van der Waals surface area contributed by atoms with E-state index in [2.05, 4.69) is 9.69 Å². The number of fused-ring (bicyclic) bond motifs is 1. The lowest BCUT2D eigenvalue weighted by atomic mass is 10.1. The third-order valence-corrected chi connectivity index (χ3v) is 5.78. The molecule has 10 heteroatoms. The first kappa shape index (κ1) is 23.2. The SMILES string of the molecule is O=C(O)c1ccc(CCNC(=O)c2nsc3cccc(Oc4cccc(C(F)(F)F)c4)c23)cc1. The van der Waals surface area contributed by atoms with Crippen molar-refractivity contribution < 1.29 is 32.6 Å². The molecule has 174 valence electrons. The fourth-order valence-electron chi connectivity index (χ4n) is 3.28. The maximum atomic E-state index is 13.0. The second-order valence-corrected chi connectivity index (χ2v) is 8.10. The molecule has 1 aromatic heterocycles. The van der Waals surface area contributed by atoms with Gasteiger partial charge in [-0.2, -0.15) is 17.5 Å². The second kappa shape index (κ2) is 9.52. The van der Waals surface area contributed by atoms with Crippen molar-refractivity contribution in [3.8, 4) is 11.5 Å². The van der Waals surface area contributed by atoms with Crippen LogP contribution in [0.25, 0.3) is 10.1 Å². The number of benzene rings is 3. The second-order valence-electron chi connectivity index (χ2n) is 7.30. The van der Waals surface area contributed by atoms with Gasteiger partial charge < -0.3 is 15.2 Å². The van der Waals surface area contributed by atoms with Gasteiger partial charge in [-0.1, -0.05) is 24.3 Å². The Bertz CT molecular complexity index is 1350. The highest BCUT2D eigenvalue weighted by Gasteiger charge is 2.30. The first-order valence-electron chi connectivity index (χ1n) is 10.1. The highest BCUT2D eigenvalue weighted by molar-refractivity contribution is 7.13. The zero-order valence-corrected chi connectivity index (χ0v) is 18.2. The Morgan fingerprint density at radius 1 is 1.03 bits per heavy atom.